The SMILES string of the molecule is COCCCN(Cc1ccc(OS(C)(=O)=O)cc1)C(=O)COc1ccccc1. The van der Waals surface area contributed by atoms with Crippen LogP contribution in [0.3, 0.4) is 0 Å². The molecule has 7 nitrogen and oxygen atoms in total. The lowest BCUT2D eigenvalue weighted by Crippen LogP contribution is -2.35. The molecule has 2 aromatic rings. The first kappa shape index (κ1) is 21.7. The molecule has 1 amide bonds. The minimum atomic E-state index is -3.57. The minimum Gasteiger partial charge on any atom is -0.484 e. The second kappa shape index (κ2) is 10.7. The summed E-state index contributed by atoms with van der Waals surface area (Å²) in [6, 6.07) is 15.7. The smallest absolute Gasteiger partial charge is 0.306 e. The van der Waals surface area contributed by atoms with E-state index in [2.05, 4.69) is 0 Å². The zero-order chi connectivity index (χ0) is 20.4. The summed E-state index contributed by atoms with van der Waals surface area (Å²) in [6.45, 7) is 1.38. The number of hydrogen-bond acceptors (Lipinski definition) is 6. The van der Waals surface area contributed by atoms with Crippen LogP contribution in [0.25, 0.3) is 0 Å². The van der Waals surface area contributed by atoms with E-state index in [1.807, 2.05) is 18.2 Å². The van der Waals surface area contributed by atoms with E-state index < -0.39 is 10.1 Å². The molecule has 0 saturated heterocycles. The Morgan fingerprint density at radius 1 is 1.00 bits per heavy atom. The monoisotopic (exact) mass is 407 g/mol. The van der Waals surface area contributed by atoms with Gasteiger partial charge in [0.15, 0.2) is 6.61 Å². The Labute approximate surface area is 166 Å². The van der Waals surface area contributed by atoms with E-state index in [0.717, 1.165) is 11.8 Å². The number of ether oxygens (including phenoxy) is 2. The maximum absolute atomic E-state index is 12.6. The Balaban J connectivity index is 1.99. The predicted octanol–water partition coefficient (Wildman–Crippen LogP) is 2.47. The first-order valence-electron chi connectivity index (χ1n) is 8.80. The summed E-state index contributed by atoms with van der Waals surface area (Å²) < 4.78 is 37.8. The summed E-state index contributed by atoms with van der Waals surface area (Å²) in [5.41, 5.74) is 0.853. The highest BCUT2D eigenvalue weighted by Gasteiger charge is 2.15. The molecule has 0 aromatic heterocycles. The second-order valence-electron chi connectivity index (χ2n) is 6.19. The highest BCUT2D eigenvalue weighted by Crippen LogP contribution is 2.16. The Hall–Kier alpha value is -2.58. The van der Waals surface area contributed by atoms with Gasteiger partial charge in [0.1, 0.15) is 11.5 Å². The minimum absolute atomic E-state index is 0.0632. The first-order chi connectivity index (χ1) is 13.4. The molecule has 2 rings (SSSR count). The lowest BCUT2D eigenvalue weighted by atomic mass is 10.2. The van der Waals surface area contributed by atoms with Crippen LogP contribution in [0.5, 0.6) is 11.5 Å². The average Bonchev–Trinajstić information content (AvgIpc) is 2.66. The molecule has 28 heavy (non-hydrogen) atoms. The number of methoxy groups -OCH3 is 1. The van der Waals surface area contributed by atoms with Crippen molar-refractivity contribution in [3.8, 4) is 11.5 Å². The summed E-state index contributed by atoms with van der Waals surface area (Å²) in [6.07, 6.45) is 1.69. The van der Waals surface area contributed by atoms with E-state index in [4.69, 9.17) is 13.7 Å². The molecule has 0 saturated carbocycles. The van der Waals surface area contributed by atoms with Gasteiger partial charge in [-0.3, -0.25) is 4.79 Å². The van der Waals surface area contributed by atoms with Crippen LogP contribution < -0.4 is 8.92 Å². The van der Waals surface area contributed by atoms with Crippen molar-refractivity contribution in [2.24, 2.45) is 0 Å². The normalized spacial score (nSPS) is 11.1. The van der Waals surface area contributed by atoms with Crippen LogP contribution in [0.1, 0.15) is 12.0 Å². The number of hydrogen-bond donors (Lipinski definition) is 0. The van der Waals surface area contributed by atoms with Crippen molar-refractivity contribution in [2.45, 2.75) is 13.0 Å². The Kier molecular flexibility index (Phi) is 8.28. The number of para-hydroxylation sites is 1. The molecule has 0 atom stereocenters. The third-order valence-corrected chi connectivity index (χ3v) is 4.27. The molecule has 0 radical (unpaired) electrons. The number of carbonyl (C=O) groups excluding carboxylic acids is 1. The van der Waals surface area contributed by atoms with Crippen molar-refractivity contribution < 1.29 is 26.9 Å². The highest BCUT2D eigenvalue weighted by atomic mass is 32.2. The summed E-state index contributed by atoms with van der Waals surface area (Å²) in [5, 5.41) is 0. The van der Waals surface area contributed by atoms with Crippen LogP contribution in [-0.2, 0) is 26.2 Å². The van der Waals surface area contributed by atoms with Gasteiger partial charge < -0.3 is 18.6 Å². The zero-order valence-electron chi connectivity index (χ0n) is 16.0. The fourth-order valence-electron chi connectivity index (χ4n) is 2.49. The summed E-state index contributed by atoms with van der Waals surface area (Å²) >= 11 is 0. The summed E-state index contributed by atoms with van der Waals surface area (Å²) in [4.78, 5) is 14.3. The van der Waals surface area contributed by atoms with E-state index >= 15 is 0 Å². The van der Waals surface area contributed by atoms with Crippen molar-refractivity contribution in [1.82, 2.24) is 4.90 Å². The lowest BCUT2D eigenvalue weighted by molar-refractivity contribution is -0.134. The molecular formula is C20H25NO6S. The molecule has 0 aliphatic heterocycles. The van der Waals surface area contributed by atoms with Crippen LogP contribution in [0.4, 0.5) is 0 Å². The molecule has 0 fully saturated rings. The van der Waals surface area contributed by atoms with Crippen LogP contribution in [0.15, 0.2) is 54.6 Å². The Morgan fingerprint density at radius 3 is 2.29 bits per heavy atom. The second-order valence-corrected chi connectivity index (χ2v) is 7.77. The van der Waals surface area contributed by atoms with E-state index in [1.54, 1.807) is 48.4 Å². The van der Waals surface area contributed by atoms with E-state index in [1.165, 1.54) is 0 Å². The molecule has 8 heteroatoms. The van der Waals surface area contributed by atoms with Crippen LogP contribution in [0.2, 0.25) is 0 Å². The third-order valence-electron chi connectivity index (χ3n) is 3.78. The summed E-state index contributed by atoms with van der Waals surface area (Å²) in [5.74, 6) is 0.724. The van der Waals surface area contributed by atoms with E-state index in [0.29, 0.717) is 31.9 Å². The Morgan fingerprint density at radius 2 is 1.68 bits per heavy atom. The molecule has 2 aromatic carbocycles. The van der Waals surface area contributed by atoms with Gasteiger partial charge >= 0.3 is 10.1 Å². The molecule has 0 aliphatic rings. The first-order valence-corrected chi connectivity index (χ1v) is 10.6. The molecular weight excluding hydrogens is 382 g/mol. The van der Waals surface area contributed by atoms with Crippen LogP contribution >= 0.6 is 0 Å². The molecule has 0 heterocycles. The van der Waals surface area contributed by atoms with Gasteiger partial charge in [-0.15, -0.1) is 0 Å². The fraction of sp³-hybridized carbons (Fsp3) is 0.350. The topological polar surface area (TPSA) is 82.1 Å². The molecule has 0 bridgehead atoms. The third kappa shape index (κ3) is 7.98. The van der Waals surface area contributed by atoms with Crippen molar-refractivity contribution >= 4 is 16.0 Å². The van der Waals surface area contributed by atoms with Crippen molar-refractivity contribution in [1.29, 1.82) is 0 Å². The average molecular weight is 407 g/mol. The van der Waals surface area contributed by atoms with Gasteiger partial charge in [0, 0.05) is 26.8 Å². The maximum Gasteiger partial charge on any atom is 0.306 e. The number of rotatable bonds is 11. The number of amides is 1. The zero-order valence-corrected chi connectivity index (χ0v) is 16.9. The maximum atomic E-state index is 12.6. The van der Waals surface area contributed by atoms with Crippen molar-refractivity contribution in [3.05, 3.63) is 60.2 Å². The van der Waals surface area contributed by atoms with Gasteiger partial charge in [-0.25, -0.2) is 0 Å². The van der Waals surface area contributed by atoms with Gasteiger partial charge in [0.2, 0.25) is 0 Å². The molecule has 0 spiro atoms. The Bertz CT molecular complexity index is 837. The largest absolute Gasteiger partial charge is 0.484 e. The van der Waals surface area contributed by atoms with Crippen LogP contribution in [-0.4, -0.2) is 52.3 Å². The lowest BCUT2D eigenvalue weighted by Gasteiger charge is -2.23. The molecule has 0 unspecified atom stereocenters. The standard InChI is InChI=1S/C20H25NO6S/c1-25-14-6-13-21(20(22)16-26-18-7-4-3-5-8-18)15-17-9-11-19(12-10-17)27-28(2,23)24/h3-5,7-12H,6,13-16H2,1-2H3. The number of nitrogens with zero attached hydrogens (tertiary/aromatic N) is 1. The summed E-state index contributed by atoms with van der Waals surface area (Å²) in [7, 11) is -1.95. The van der Waals surface area contributed by atoms with Gasteiger partial charge in [0.05, 0.1) is 6.26 Å². The number of benzene rings is 2. The molecule has 0 aliphatic carbocycles. The van der Waals surface area contributed by atoms with Gasteiger partial charge in [-0.05, 0) is 36.2 Å². The molecule has 152 valence electrons. The van der Waals surface area contributed by atoms with Gasteiger partial charge in [0.25, 0.3) is 5.91 Å². The predicted molar refractivity (Wildman–Crippen MR) is 106 cm³/mol. The van der Waals surface area contributed by atoms with E-state index in [-0.39, 0.29) is 18.3 Å². The van der Waals surface area contributed by atoms with Gasteiger partial charge in [-0.1, -0.05) is 30.3 Å². The van der Waals surface area contributed by atoms with Gasteiger partial charge in [-0.2, -0.15) is 8.42 Å². The molecule has 0 N–H and O–H groups in total. The van der Waals surface area contributed by atoms with Crippen molar-refractivity contribution in [3.63, 3.8) is 0 Å². The van der Waals surface area contributed by atoms with E-state index in [9.17, 15) is 13.2 Å². The van der Waals surface area contributed by atoms with Crippen molar-refractivity contribution in [2.75, 3.05) is 33.1 Å². The fourth-order valence-corrected chi connectivity index (χ4v) is 2.95. The van der Waals surface area contributed by atoms with Crippen LogP contribution in [0, 0.1) is 0 Å². The highest BCUT2D eigenvalue weighted by molar-refractivity contribution is 7.86. The number of carbonyl (C=O) groups is 1. The quantitative estimate of drug-likeness (QED) is 0.420.